The van der Waals surface area contributed by atoms with Gasteiger partial charge in [-0.3, -0.25) is 4.79 Å². The summed E-state index contributed by atoms with van der Waals surface area (Å²) in [7, 11) is 1.62. The summed E-state index contributed by atoms with van der Waals surface area (Å²) in [5.74, 6) is 0.948. The van der Waals surface area contributed by atoms with E-state index in [0.29, 0.717) is 37.6 Å². The Labute approximate surface area is 170 Å². The highest BCUT2D eigenvalue weighted by molar-refractivity contribution is 6.30. The van der Waals surface area contributed by atoms with E-state index < -0.39 is 0 Å². The van der Waals surface area contributed by atoms with Crippen LogP contribution in [0.5, 0.6) is 0 Å². The van der Waals surface area contributed by atoms with E-state index in [1.165, 1.54) is 11.1 Å². The molecule has 1 aromatic heterocycles. The molecule has 0 aliphatic carbocycles. The molecular formula is C22H26ClN3O2. The van der Waals surface area contributed by atoms with Gasteiger partial charge in [0.25, 0.3) is 0 Å². The molecule has 3 rings (SSSR count). The van der Waals surface area contributed by atoms with Gasteiger partial charge in [-0.05, 0) is 54.8 Å². The van der Waals surface area contributed by atoms with Gasteiger partial charge in [-0.25, -0.2) is 4.98 Å². The number of benzene rings is 2. The number of halogens is 1. The van der Waals surface area contributed by atoms with Crippen LogP contribution in [0.25, 0.3) is 11.0 Å². The second-order valence-electron chi connectivity index (χ2n) is 7.00. The van der Waals surface area contributed by atoms with E-state index in [2.05, 4.69) is 35.9 Å². The number of nitrogens with zero attached hydrogens (tertiary/aromatic N) is 2. The van der Waals surface area contributed by atoms with Crippen molar-refractivity contribution < 1.29 is 9.53 Å². The summed E-state index contributed by atoms with van der Waals surface area (Å²) in [6.45, 7) is 5.80. The number of hydrogen-bond acceptors (Lipinski definition) is 3. The Bertz CT molecular complexity index is 981. The molecule has 0 aliphatic rings. The molecule has 1 amide bonds. The van der Waals surface area contributed by atoms with Gasteiger partial charge >= 0.3 is 0 Å². The van der Waals surface area contributed by atoms with E-state index in [1.54, 1.807) is 7.11 Å². The molecule has 28 heavy (non-hydrogen) atoms. The number of methoxy groups -OCH3 is 1. The van der Waals surface area contributed by atoms with Crippen molar-refractivity contribution in [3.8, 4) is 0 Å². The van der Waals surface area contributed by atoms with E-state index in [0.717, 1.165) is 22.4 Å². The Morgan fingerprint density at radius 1 is 1.21 bits per heavy atom. The number of carbonyl (C=O) groups is 1. The lowest BCUT2D eigenvalue weighted by molar-refractivity contribution is -0.121. The summed E-state index contributed by atoms with van der Waals surface area (Å²) in [6, 6.07) is 12.1. The van der Waals surface area contributed by atoms with Crippen molar-refractivity contribution >= 4 is 28.5 Å². The quantitative estimate of drug-likeness (QED) is 0.581. The Morgan fingerprint density at radius 2 is 2.00 bits per heavy atom. The molecule has 148 valence electrons. The van der Waals surface area contributed by atoms with Crippen molar-refractivity contribution in [1.29, 1.82) is 0 Å². The monoisotopic (exact) mass is 399 g/mol. The van der Waals surface area contributed by atoms with Crippen LogP contribution in [0.3, 0.4) is 0 Å². The summed E-state index contributed by atoms with van der Waals surface area (Å²) < 4.78 is 7.13. The molecule has 5 nitrogen and oxygen atoms in total. The SMILES string of the molecule is COCCNC(=O)CCn1c(Cc2cccc(Cl)c2)nc2cc(C)c(C)cc21. The molecule has 0 saturated heterocycles. The lowest BCUT2D eigenvalue weighted by Gasteiger charge is -2.11. The fraction of sp³-hybridized carbons (Fsp3) is 0.364. The average molecular weight is 400 g/mol. The minimum absolute atomic E-state index is 0.0106. The fourth-order valence-electron chi connectivity index (χ4n) is 3.24. The van der Waals surface area contributed by atoms with E-state index in [-0.39, 0.29) is 5.91 Å². The third-order valence-corrected chi connectivity index (χ3v) is 5.12. The molecule has 0 bridgehead atoms. The maximum absolute atomic E-state index is 12.2. The number of aryl methyl sites for hydroxylation is 3. The van der Waals surface area contributed by atoms with Crippen LogP contribution < -0.4 is 5.32 Å². The number of hydrogen-bond donors (Lipinski definition) is 1. The number of aromatic nitrogens is 2. The van der Waals surface area contributed by atoms with Crippen LogP contribution in [0.15, 0.2) is 36.4 Å². The molecule has 0 saturated carbocycles. The minimum atomic E-state index is 0.0106. The zero-order valence-corrected chi connectivity index (χ0v) is 17.3. The summed E-state index contributed by atoms with van der Waals surface area (Å²) in [5, 5.41) is 3.59. The molecule has 0 unspecified atom stereocenters. The smallest absolute Gasteiger partial charge is 0.221 e. The van der Waals surface area contributed by atoms with Crippen LogP contribution >= 0.6 is 11.6 Å². The maximum Gasteiger partial charge on any atom is 0.221 e. The van der Waals surface area contributed by atoms with Crippen LogP contribution in [0.2, 0.25) is 5.02 Å². The second kappa shape index (κ2) is 9.22. The van der Waals surface area contributed by atoms with Gasteiger partial charge in [-0.2, -0.15) is 0 Å². The molecule has 0 atom stereocenters. The van der Waals surface area contributed by atoms with Gasteiger partial charge in [0.1, 0.15) is 5.82 Å². The van der Waals surface area contributed by atoms with Gasteiger partial charge in [0.15, 0.2) is 0 Å². The third kappa shape index (κ3) is 4.91. The zero-order valence-electron chi connectivity index (χ0n) is 16.6. The van der Waals surface area contributed by atoms with Crippen molar-refractivity contribution in [2.75, 3.05) is 20.3 Å². The van der Waals surface area contributed by atoms with Crippen molar-refractivity contribution in [3.05, 3.63) is 63.9 Å². The molecular weight excluding hydrogens is 374 g/mol. The van der Waals surface area contributed by atoms with Crippen molar-refractivity contribution in [1.82, 2.24) is 14.9 Å². The lowest BCUT2D eigenvalue weighted by Crippen LogP contribution is -2.27. The largest absolute Gasteiger partial charge is 0.383 e. The number of rotatable bonds is 8. The molecule has 0 fully saturated rings. The predicted molar refractivity (Wildman–Crippen MR) is 113 cm³/mol. The number of amides is 1. The number of ether oxygens (including phenoxy) is 1. The first-order chi connectivity index (χ1) is 13.5. The van der Waals surface area contributed by atoms with Gasteiger partial charge in [0.05, 0.1) is 17.6 Å². The third-order valence-electron chi connectivity index (χ3n) is 4.88. The molecule has 6 heteroatoms. The zero-order chi connectivity index (χ0) is 20.1. The first-order valence-corrected chi connectivity index (χ1v) is 9.82. The predicted octanol–water partition coefficient (Wildman–Crippen LogP) is 4.05. The van der Waals surface area contributed by atoms with Crippen molar-refractivity contribution in [2.24, 2.45) is 0 Å². The molecule has 1 heterocycles. The van der Waals surface area contributed by atoms with E-state index >= 15 is 0 Å². The molecule has 0 aliphatic heterocycles. The summed E-state index contributed by atoms with van der Waals surface area (Å²) in [6.07, 6.45) is 1.06. The Hall–Kier alpha value is -2.37. The second-order valence-corrected chi connectivity index (χ2v) is 7.44. The number of carbonyl (C=O) groups excluding carboxylic acids is 1. The summed E-state index contributed by atoms with van der Waals surface area (Å²) in [4.78, 5) is 17.0. The summed E-state index contributed by atoms with van der Waals surface area (Å²) >= 11 is 6.14. The molecule has 0 spiro atoms. The Morgan fingerprint density at radius 3 is 2.75 bits per heavy atom. The highest BCUT2D eigenvalue weighted by atomic mass is 35.5. The molecule has 2 aromatic carbocycles. The highest BCUT2D eigenvalue weighted by Gasteiger charge is 2.14. The minimum Gasteiger partial charge on any atom is -0.383 e. The molecule has 3 aromatic rings. The van der Waals surface area contributed by atoms with Crippen LogP contribution in [0.1, 0.15) is 28.9 Å². The van der Waals surface area contributed by atoms with Crippen LogP contribution in [0, 0.1) is 13.8 Å². The number of imidazole rings is 1. The highest BCUT2D eigenvalue weighted by Crippen LogP contribution is 2.23. The van der Waals surface area contributed by atoms with Crippen LogP contribution in [0.4, 0.5) is 0 Å². The standard InChI is InChI=1S/C22H26ClN3O2/c1-15-11-19-20(12-16(15)2)26(9-7-22(27)24-8-10-28-3)21(25-19)14-17-5-4-6-18(23)13-17/h4-6,11-13H,7-10,14H2,1-3H3,(H,24,27). The fourth-order valence-corrected chi connectivity index (χ4v) is 3.45. The lowest BCUT2D eigenvalue weighted by atomic mass is 10.1. The van der Waals surface area contributed by atoms with Gasteiger partial charge < -0.3 is 14.6 Å². The number of nitrogens with one attached hydrogen (secondary N) is 1. The van der Waals surface area contributed by atoms with E-state index in [1.807, 2.05) is 24.3 Å². The first kappa shape index (κ1) is 20.4. The van der Waals surface area contributed by atoms with Crippen LogP contribution in [-0.4, -0.2) is 35.7 Å². The average Bonchev–Trinajstić information content (AvgIpc) is 2.96. The van der Waals surface area contributed by atoms with Crippen molar-refractivity contribution in [2.45, 2.75) is 33.2 Å². The van der Waals surface area contributed by atoms with Crippen LogP contribution in [-0.2, 0) is 22.5 Å². The first-order valence-electron chi connectivity index (χ1n) is 9.44. The van der Waals surface area contributed by atoms with Gasteiger partial charge in [0, 0.05) is 38.1 Å². The molecule has 0 radical (unpaired) electrons. The summed E-state index contributed by atoms with van der Waals surface area (Å²) in [5.41, 5.74) is 5.54. The topological polar surface area (TPSA) is 56.1 Å². The van der Waals surface area contributed by atoms with Gasteiger partial charge in [0.2, 0.25) is 5.91 Å². The van der Waals surface area contributed by atoms with E-state index in [9.17, 15) is 4.79 Å². The molecule has 1 N–H and O–H groups in total. The van der Waals surface area contributed by atoms with Gasteiger partial charge in [-0.15, -0.1) is 0 Å². The Balaban J connectivity index is 1.88. The Kier molecular flexibility index (Phi) is 6.70. The van der Waals surface area contributed by atoms with E-state index in [4.69, 9.17) is 21.3 Å². The normalized spacial score (nSPS) is 11.1. The number of fused-ring (bicyclic) bond motifs is 1. The maximum atomic E-state index is 12.2. The van der Waals surface area contributed by atoms with Gasteiger partial charge in [-0.1, -0.05) is 23.7 Å². The van der Waals surface area contributed by atoms with Crippen molar-refractivity contribution in [3.63, 3.8) is 0 Å².